The molecule has 0 unspecified atom stereocenters. The second-order valence-corrected chi connectivity index (χ2v) is 8.32. The van der Waals surface area contributed by atoms with Crippen LogP contribution in [0.3, 0.4) is 0 Å². The quantitative estimate of drug-likeness (QED) is 0.413. The molecule has 0 aromatic heterocycles. The molecule has 0 amide bonds. The van der Waals surface area contributed by atoms with Crippen LogP contribution >= 0.6 is 0 Å². The molecule has 0 aliphatic rings. The topological polar surface area (TPSA) is 68.3 Å². The first kappa shape index (κ1) is 22.7. The Balaban J connectivity index is 3.99. The predicted molar refractivity (Wildman–Crippen MR) is 95.9 cm³/mol. The highest BCUT2D eigenvalue weighted by molar-refractivity contribution is 5.86. The molecule has 0 aromatic rings. The zero-order valence-corrected chi connectivity index (χ0v) is 15.9. The van der Waals surface area contributed by atoms with Gasteiger partial charge in [-0.15, -0.1) is 0 Å². The number of hydrogen-bond donors (Lipinski definition) is 0. The average Bonchev–Trinajstić information content (AvgIpc) is 2.53. The van der Waals surface area contributed by atoms with Crippen molar-refractivity contribution in [1.82, 2.24) is 0 Å². The molecule has 24 heavy (non-hydrogen) atoms. The van der Waals surface area contributed by atoms with E-state index in [1.807, 2.05) is 0 Å². The molecule has 0 bridgehead atoms. The van der Waals surface area contributed by atoms with Crippen molar-refractivity contribution in [3.8, 4) is 0 Å². The average molecular weight is 338 g/mol. The maximum atomic E-state index is 11.9. The molecule has 138 valence electrons. The van der Waals surface area contributed by atoms with Gasteiger partial charge in [-0.2, -0.15) is 0 Å². The predicted octanol–water partition coefficient (Wildman–Crippen LogP) is 4.48. The third kappa shape index (κ3) is 12.1. The largest absolute Gasteiger partial charge is 0.303 e. The Morgan fingerprint density at radius 3 is 1.25 bits per heavy atom. The van der Waals surface area contributed by atoms with E-state index < -0.39 is 0 Å². The Morgan fingerprint density at radius 2 is 0.958 bits per heavy atom. The lowest BCUT2D eigenvalue weighted by Crippen LogP contribution is -2.16. The van der Waals surface area contributed by atoms with Crippen LogP contribution in [0.25, 0.3) is 0 Å². The number of carbonyl (C=O) groups excluding carboxylic acids is 4. The molecule has 4 nitrogen and oxygen atoms in total. The molecule has 0 rings (SSSR count). The monoisotopic (exact) mass is 338 g/mol. The molecule has 0 atom stereocenters. The molecule has 0 aliphatic heterocycles. The van der Waals surface area contributed by atoms with Crippen LogP contribution in [-0.4, -0.2) is 24.1 Å². The third-order valence-corrected chi connectivity index (χ3v) is 4.72. The number of aldehydes is 2. The van der Waals surface area contributed by atoms with E-state index in [0.29, 0.717) is 38.5 Å². The summed E-state index contributed by atoms with van der Waals surface area (Å²) in [7, 11) is 0. The van der Waals surface area contributed by atoms with Crippen molar-refractivity contribution in [2.75, 3.05) is 0 Å². The van der Waals surface area contributed by atoms with Crippen molar-refractivity contribution in [2.45, 2.75) is 91.9 Å². The van der Waals surface area contributed by atoms with Gasteiger partial charge in [0.25, 0.3) is 0 Å². The molecule has 0 saturated heterocycles. The van der Waals surface area contributed by atoms with Gasteiger partial charge in [0.05, 0.1) is 0 Å². The summed E-state index contributed by atoms with van der Waals surface area (Å²) in [4.78, 5) is 44.8. The molecule has 0 aliphatic carbocycles. The van der Waals surface area contributed by atoms with E-state index in [1.165, 1.54) is 0 Å². The van der Waals surface area contributed by atoms with Crippen molar-refractivity contribution >= 4 is 24.1 Å². The number of carbonyl (C=O) groups is 4. The van der Waals surface area contributed by atoms with E-state index in [1.54, 1.807) is 0 Å². The van der Waals surface area contributed by atoms with E-state index in [0.717, 1.165) is 38.3 Å². The van der Waals surface area contributed by atoms with E-state index >= 15 is 0 Å². The van der Waals surface area contributed by atoms with Crippen molar-refractivity contribution in [1.29, 1.82) is 0 Å². The number of hydrogen-bond acceptors (Lipinski definition) is 4. The SMILES string of the molecule is CC(C)(CCC=O)CCC(=O)CCC(=O)CCC(C)(C)CCC=O. The van der Waals surface area contributed by atoms with Gasteiger partial charge in [0.2, 0.25) is 0 Å². The summed E-state index contributed by atoms with van der Waals surface area (Å²) in [5.41, 5.74) is -0.0215. The van der Waals surface area contributed by atoms with Crippen LogP contribution < -0.4 is 0 Å². The van der Waals surface area contributed by atoms with Gasteiger partial charge in [-0.1, -0.05) is 27.7 Å². The van der Waals surface area contributed by atoms with Crippen LogP contribution in [-0.2, 0) is 19.2 Å². The first-order chi connectivity index (χ1) is 11.1. The highest BCUT2D eigenvalue weighted by atomic mass is 16.1. The lowest BCUT2D eigenvalue weighted by Gasteiger charge is -2.23. The summed E-state index contributed by atoms with van der Waals surface area (Å²) in [6, 6.07) is 0. The molecular weight excluding hydrogens is 304 g/mol. The Morgan fingerprint density at radius 1 is 0.625 bits per heavy atom. The lowest BCUT2D eigenvalue weighted by molar-refractivity contribution is -0.124. The molecule has 0 heterocycles. The van der Waals surface area contributed by atoms with Crippen LogP contribution in [0.15, 0.2) is 0 Å². The fourth-order valence-electron chi connectivity index (χ4n) is 2.63. The summed E-state index contributed by atoms with van der Waals surface area (Å²) < 4.78 is 0. The van der Waals surface area contributed by atoms with Gasteiger partial charge in [0, 0.05) is 38.5 Å². The fourth-order valence-corrected chi connectivity index (χ4v) is 2.63. The Kier molecular flexibility index (Phi) is 10.7. The Bertz CT molecular complexity index is 381. The van der Waals surface area contributed by atoms with Crippen LogP contribution in [0.2, 0.25) is 0 Å². The molecule has 0 saturated carbocycles. The van der Waals surface area contributed by atoms with Crippen molar-refractivity contribution in [3.63, 3.8) is 0 Å². The minimum atomic E-state index is -0.0107. The van der Waals surface area contributed by atoms with E-state index in [2.05, 4.69) is 27.7 Å². The number of rotatable bonds is 15. The van der Waals surface area contributed by atoms with Gasteiger partial charge < -0.3 is 9.59 Å². The van der Waals surface area contributed by atoms with Gasteiger partial charge in [0.1, 0.15) is 24.1 Å². The number of ketones is 2. The van der Waals surface area contributed by atoms with Crippen LogP contribution in [0.1, 0.15) is 91.9 Å². The number of Topliss-reactive ketones (excluding diaryl/α,β-unsaturated/α-hetero) is 2. The summed E-state index contributed by atoms with van der Waals surface area (Å²) in [5.74, 6) is 0.255. The summed E-state index contributed by atoms with van der Waals surface area (Å²) in [6.45, 7) is 8.26. The van der Waals surface area contributed by atoms with Crippen molar-refractivity contribution in [2.24, 2.45) is 10.8 Å². The summed E-state index contributed by atoms with van der Waals surface area (Å²) >= 11 is 0. The standard InChI is InChI=1S/C20H34O4/c1-19(2,11-5-15-21)13-9-17(23)7-8-18(24)10-14-20(3,4)12-6-16-22/h15-16H,5-14H2,1-4H3. The van der Waals surface area contributed by atoms with Gasteiger partial charge in [-0.3, -0.25) is 9.59 Å². The van der Waals surface area contributed by atoms with Crippen LogP contribution in [0.4, 0.5) is 0 Å². The second-order valence-electron chi connectivity index (χ2n) is 8.32. The first-order valence-electron chi connectivity index (χ1n) is 9.02. The van der Waals surface area contributed by atoms with Crippen molar-refractivity contribution in [3.05, 3.63) is 0 Å². The van der Waals surface area contributed by atoms with E-state index in [4.69, 9.17) is 0 Å². The maximum Gasteiger partial charge on any atom is 0.133 e. The van der Waals surface area contributed by atoms with Crippen LogP contribution in [0.5, 0.6) is 0 Å². The molecule has 0 N–H and O–H groups in total. The normalized spacial score (nSPS) is 12.0. The second kappa shape index (κ2) is 11.3. The smallest absolute Gasteiger partial charge is 0.133 e. The molecule has 0 fully saturated rings. The summed E-state index contributed by atoms with van der Waals surface area (Å²) in [6.07, 6.45) is 7.57. The molecule has 0 radical (unpaired) electrons. The summed E-state index contributed by atoms with van der Waals surface area (Å²) in [5, 5.41) is 0. The lowest BCUT2D eigenvalue weighted by atomic mass is 9.81. The van der Waals surface area contributed by atoms with Gasteiger partial charge in [-0.25, -0.2) is 0 Å². The maximum absolute atomic E-state index is 11.9. The fraction of sp³-hybridized carbons (Fsp3) is 0.800. The zero-order valence-electron chi connectivity index (χ0n) is 15.9. The van der Waals surface area contributed by atoms with Gasteiger partial charge >= 0.3 is 0 Å². The minimum Gasteiger partial charge on any atom is -0.303 e. The zero-order chi connectivity index (χ0) is 18.6. The molecular formula is C20H34O4. The van der Waals surface area contributed by atoms with E-state index in [9.17, 15) is 19.2 Å². The molecule has 4 heteroatoms. The Hall–Kier alpha value is -1.32. The first-order valence-corrected chi connectivity index (χ1v) is 9.02. The minimum absolute atomic E-state index is 0.0107. The van der Waals surface area contributed by atoms with Gasteiger partial charge in [0.15, 0.2) is 0 Å². The van der Waals surface area contributed by atoms with E-state index in [-0.39, 0.29) is 22.4 Å². The highest BCUT2D eigenvalue weighted by Crippen LogP contribution is 2.29. The Labute approximate surface area is 146 Å². The van der Waals surface area contributed by atoms with Crippen molar-refractivity contribution < 1.29 is 19.2 Å². The molecule has 0 spiro atoms. The highest BCUT2D eigenvalue weighted by Gasteiger charge is 2.21. The molecule has 0 aromatic carbocycles. The van der Waals surface area contributed by atoms with Crippen LogP contribution in [0, 0.1) is 10.8 Å². The van der Waals surface area contributed by atoms with Gasteiger partial charge in [-0.05, 0) is 36.5 Å². The third-order valence-electron chi connectivity index (χ3n) is 4.72.